The Morgan fingerprint density at radius 1 is 0.274 bits per heavy atom. The molecule has 3 aromatic heterocycles. The Bertz CT molecular complexity index is 3830. The number of hydrogen-bond donors (Lipinski definition) is 0. The molecule has 4 heteroatoms. The zero-order valence-corrected chi connectivity index (χ0v) is 33.6. The fourth-order valence-electron chi connectivity index (χ4n) is 9.70. The van der Waals surface area contributed by atoms with Crippen LogP contribution in [0.25, 0.3) is 121 Å². The number of rotatable bonds is 5. The van der Waals surface area contributed by atoms with E-state index in [9.17, 15) is 0 Å². The van der Waals surface area contributed by atoms with E-state index in [1.807, 2.05) is 0 Å². The molecule has 0 radical (unpaired) electrons. The topological polar surface area (TPSA) is 35.6 Å². The number of hydrogen-bond acceptors (Lipinski definition) is 2. The van der Waals surface area contributed by atoms with Crippen molar-refractivity contribution in [2.24, 2.45) is 0 Å². The van der Waals surface area contributed by atoms with Crippen LogP contribution in [0.2, 0.25) is 0 Å². The van der Waals surface area contributed by atoms with Crippen LogP contribution in [-0.4, -0.2) is 19.1 Å². The molecule has 0 atom stereocenters. The fourth-order valence-corrected chi connectivity index (χ4v) is 9.70. The summed E-state index contributed by atoms with van der Waals surface area (Å²) >= 11 is 0. The molecule has 4 nitrogen and oxygen atoms in total. The Kier molecular flexibility index (Phi) is 7.57. The van der Waals surface area contributed by atoms with Crippen LogP contribution in [0.4, 0.5) is 0 Å². The summed E-state index contributed by atoms with van der Waals surface area (Å²) in [6.45, 7) is 0. The molecule has 13 aromatic rings. The van der Waals surface area contributed by atoms with Crippen LogP contribution in [0, 0.1) is 0 Å². The fraction of sp³-hybridized carbons (Fsp3) is 0. The standard InChI is InChI=1S/C58H36N4/c1-2-16-46(17-3-1)61-54-20-10-8-18-48(54)50-30-31-51-49-19-9-11-21-55(49)62(57(51)56(50)61)47-29-28-39-23-26-43(34-45(39)35-47)53-36-52(42-25-22-37-12-4-6-14-40(37)32-42)59-58(60-53)44-27-24-38-13-5-7-15-41(38)33-44/h1-36H. The van der Waals surface area contributed by atoms with Gasteiger partial charge in [-0.25, -0.2) is 9.97 Å². The lowest BCUT2D eigenvalue weighted by atomic mass is 10.0. The van der Waals surface area contributed by atoms with E-state index in [0.717, 1.165) is 50.2 Å². The van der Waals surface area contributed by atoms with E-state index >= 15 is 0 Å². The molecule has 0 saturated carbocycles. The summed E-state index contributed by atoms with van der Waals surface area (Å²) in [5, 5.41) is 12.0. The monoisotopic (exact) mass is 788 g/mol. The van der Waals surface area contributed by atoms with Crippen molar-refractivity contribution in [1.82, 2.24) is 19.1 Å². The smallest absolute Gasteiger partial charge is 0.160 e. The molecule has 0 saturated heterocycles. The maximum Gasteiger partial charge on any atom is 0.160 e. The van der Waals surface area contributed by atoms with E-state index in [2.05, 4.69) is 228 Å². The zero-order valence-electron chi connectivity index (χ0n) is 33.6. The summed E-state index contributed by atoms with van der Waals surface area (Å²) < 4.78 is 4.91. The average Bonchev–Trinajstić information content (AvgIpc) is 3.87. The molecule has 0 unspecified atom stereocenters. The van der Waals surface area contributed by atoms with Crippen molar-refractivity contribution in [3.63, 3.8) is 0 Å². The first kappa shape index (κ1) is 34.5. The molecular formula is C58H36N4. The minimum atomic E-state index is 0.702. The Morgan fingerprint density at radius 3 is 1.34 bits per heavy atom. The Morgan fingerprint density at radius 2 is 0.726 bits per heavy atom. The Labute approximate surface area is 357 Å². The van der Waals surface area contributed by atoms with Crippen LogP contribution < -0.4 is 0 Å². The van der Waals surface area contributed by atoms with E-state index in [4.69, 9.17) is 9.97 Å². The molecule has 0 N–H and O–H groups in total. The SMILES string of the molecule is c1ccc(-n2c3ccccc3c3ccc4c5ccccc5n(-c5ccc6ccc(-c7cc(-c8ccc9ccccc9c8)nc(-c8ccc9ccccc9c8)n7)cc6c5)c4c32)cc1. The number of benzene rings is 10. The predicted molar refractivity (Wildman–Crippen MR) is 260 cm³/mol. The molecule has 0 fully saturated rings. The number of fused-ring (bicyclic) bond motifs is 10. The van der Waals surface area contributed by atoms with Gasteiger partial charge in [0.15, 0.2) is 5.82 Å². The van der Waals surface area contributed by atoms with E-state index < -0.39 is 0 Å². The maximum absolute atomic E-state index is 5.30. The van der Waals surface area contributed by atoms with Gasteiger partial charge in [0.25, 0.3) is 0 Å². The summed E-state index contributed by atoms with van der Waals surface area (Å²) in [6.07, 6.45) is 0. The first-order valence-electron chi connectivity index (χ1n) is 21.1. The van der Waals surface area contributed by atoms with Gasteiger partial charge < -0.3 is 9.13 Å². The van der Waals surface area contributed by atoms with Gasteiger partial charge in [-0.15, -0.1) is 0 Å². The molecule has 0 spiro atoms. The van der Waals surface area contributed by atoms with Crippen molar-refractivity contribution >= 4 is 75.9 Å². The van der Waals surface area contributed by atoms with E-state index in [1.54, 1.807) is 0 Å². The highest BCUT2D eigenvalue weighted by Gasteiger charge is 2.21. The molecule has 0 aliphatic rings. The van der Waals surface area contributed by atoms with Crippen LogP contribution >= 0.6 is 0 Å². The molecule has 288 valence electrons. The van der Waals surface area contributed by atoms with Crippen molar-refractivity contribution in [1.29, 1.82) is 0 Å². The van der Waals surface area contributed by atoms with Gasteiger partial charge in [0.05, 0.1) is 33.5 Å². The molecule has 0 aliphatic heterocycles. The van der Waals surface area contributed by atoms with Crippen molar-refractivity contribution in [2.45, 2.75) is 0 Å². The highest BCUT2D eigenvalue weighted by atomic mass is 15.0. The zero-order chi connectivity index (χ0) is 40.7. The van der Waals surface area contributed by atoms with Crippen molar-refractivity contribution in [2.75, 3.05) is 0 Å². The van der Waals surface area contributed by atoms with Crippen LogP contribution in [0.15, 0.2) is 218 Å². The first-order chi connectivity index (χ1) is 30.7. The third-order valence-electron chi connectivity index (χ3n) is 12.6. The van der Waals surface area contributed by atoms with Gasteiger partial charge in [0.2, 0.25) is 0 Å². The molecule has 0 amide bonds. The normalized spacial score (nSPS) is 11.9. The lowest BCUT2D eigenvalue weighted by molar-refractivity contribution is 1.15. The molecular weight excluding hydrogens is 753 g/mol. The Hall–Kier alpha value is -8.34. The van der Waals surface area contributed by atoms with Gasteiger partial charge in [0.1, 0.15) is 0 Å². The second-order valence-electron chi connectivity index (χ2n) is 16.2. The van der Waals surface area contributed by atoms with Crippen molar-refractivity contribution in [3.8, 4) is 45.3 Å². The van der Waals surface area contributed by atoms with Gasteiger partial charge in [0, 0.05) is 49.6 Å². The van der Waals surface area contributed by atoms with Gasteiger partial charge in [-0.3, -0.25) is 0 Å². The second-order valence-corrected chi connectivity index (χ2v) is 16.2. The van der Waals surface area contributed by atoms with Crippen LogP contribution in [0.3, 0.4) is 0 Å². The molecule has 13 rings (SSSR count). The molecule has 0 aliphatic carbocycles. The van der Waals surface area contributed by atoms with Crippen LogP contribution in [0.5, 0.6) is 0 Å². The highest BCUT2D eigenvalue weighted by molar-refractivity contribution is 6.24. The van der Waals surface area contributed by atoms with Crippen molar-refractivity contribution in [3.05, 3.63) is 218 Å². The van der Waals surface area contributed by atoms with Crippen LogP contribution in [0.1, 0.15) is 0 Å². The quantitative estimate of drug-likeness (QED) is 0.174. The lowest BCUT2D eigenvalue weighted by Gasteiger charge is -2.14. The summed E-state index contributed by atoms with van der Waals surface area (Å²) in [5.41, 5.74) is 11.9. The average molecular weight is 789 g/mol. The summed E-state index contributed by atoms with van der Waals surface area (Å²) in [5.74, 6) is 0.702. The maximum atomic E-state index is 5.30. The Balaban J connectivity index is 1.03. The molecule has 62 heavy (non-hydrogen) atoms. The van der Waals surface area contributed by atoms with Crippen molar-refractivity contribution < 1.29 is 0 Å². The molecule has 3 heterocycles. The van der Waals surface area contributed by atoms with Gasteiger partial charge >= 0.3 is 0 Å². The summed E-state index contributed by atoms with van der Waals surface area (Å²) in [4.78, 5) is 10.5. The van der Waals surface area contributed by atoms with Gasteiger partial charge in [-0.05, 0) is 93.0 Å². The van der Waals surface area contributed by atoms with Crippen LogP contribution in [-0.2, 0) is 0 Å². The lowest BCUT2D eigenvalue weighted by Crippen LogP contribution is -1.99. The second kappa shape index (κ2) is 13.6. The largest absolute Gasteiger partial charge is 0.307 e. The summed E-state index contributed by atoms with van der Waals surface area (Å²) in [7, 11) is 0. The van der Waals surface area contributed by atoms with Gasteiger partial charge in [-0.1, -0.05) is 158 Å². The minimum Gasteiger partial charge on any atom is -0.307 e. The van der Waals surface area contributed by atoms with E-state index in [0.29, 0.717) is 5.82 Å². The number of aromatic nitrogens is 4. The third-order valence-corrected chi connectivity index (χ3v) is 12.6. The molecule has 0 bridgehead atoms. The van der Waals surface area contributed by atoms with E-state index in [-0.39, 0.29) is 0 Å². The highest BCUT2D eigenvalue weighted by Crippen LogP contribution is 2.42. The number of para-hydroxylation sites is 3. The van der Waals surface area contributed by atoms with Gasteiger partial charge in [-0.2, -0.15) is 0 Å². The number of nitrogens with zero attached hydrogens (tertiary/aromatic N) is 4. The van der Waals surface area contributed by atoms with E-state index in [1.165, 1.54) is 65.2 Å². The third kappa shape index (κ3) is 5.40. The summed E-state index contributed by atoms with van der Waals surface area (Å²) in [6, 6.07) is 78.7. The first-order valence-corrected chi connectivity index (χ1v) is 21.1. The molecule has 10 aromatic carbocycles. The predicted octanol–water partition coefficient (Wildman–Crippen LogP) is 15.1. The minimum absolute atomic E-state index is 0.702.